The predicted molar refractivity (Wildman–Crippen MR) is 96.0 cm³/mol. The van der Waals surface area contributed by atoms with Crippen molar-refractivity contribution >= 4 is 29.4 Å². The maximum absolute atomic E-state index is 11.9. The molecule has 0 aliphatic carbocycles. The van der Waals surface area contributed by atoms with Gasteiger partial charge in [-0.05, 0) is 32.4 Å². The standard InChI is InChI=1S/C17H21N3OS2/c1-4-13(3)20-15(21)11-22-16-17(19-9-8-18-16)23-14-7-5-6-12(2)10-14/h5-10,13H,4,11H2,1-3H3,(H,20,21)/t13-/m0/s1. The Morgan fingerprint density at radius 2 is 2.00 bits per heavy atom. The Labute approximate surface area is 145 Å². The molecule has 1 atom stereocenters. The quantitative estimate of drug-likeness (QED) is 0.769. The molecule has 2 aromatic rings. The molecule has 0 unspecified atom stereocenters. The van der Waals surface area contributed by atoms with E-state index in [1.807, 2.05) is 13.0 Å². The molecule has 4 nitrogen and oxygen atoms in total. The van der Waals surface area contributed by atoms with Gasteiger partial charge in [0.1, 0.15) is 10.1 Å². The van der Waals surface area contributed by atoms with Gasteiger partial charge in [0.2, 0.25) is 5.91 Å². The number of aryl methyl sites for hydroxylation is 1. The SMILES string of the molecule is CC[C@H](C)NC(=O)CSc1nccnc1Sc1cccc(C)c1. The second-order valence-corrected chi connectivity index (χ2v) is 7.28. The third-order valence-corrected chi connectivity index (χ3v) is 5.29. The molecular formula is C17H21N3OS2. The fourth-order valence-electron chi connectivity index (χ4n) is 1.82. The summed E-state index contributed by atoms with van der Waals surface area (Å²) in [6.07, 6.45) is 4.27. The first kappa shape index (κ1) is 17.8. The summed E-state index contributed by atoms with van der Waals surface area (Å²) in [7, 11) is 0. The number of carbonyl (C=O) groups is 1. The summed E-state index contributed by atoms with van der Waals surface area (Å²) in [5, 5.41) is 4.58. The van der Waals surface area contributed by atoms with Crippen molar-refractivity contribution in [3.05, 3.63) is 42.2 Å². The summed E-state index contributed by atoms with van der Waals surface area (Å²) in [6.45, 7) is 6.12. The summed E-state index contributed by atoms with van der Waals surface area (Å²) < 4.78 is 0. The molecule has 0 fully saturated rings. The highest BCUT2D eigenvalue weighted by molar-refractivity contribution is 8.02. The van der Waals surface area contributed by atoms with Crippen LogP contribution in [0.5, 0.6) is 0 Å². The van der Waals surface area contributed by atoms with Crippen molar-refractivity contribution in [2.45, 2.75) is 48.2 Å². The molecule has 0 radical (unpaired) electrons. The Hall–Kier alpha value is -1.53. The van der Waals surface area contributed by atoms with Crippen LogP contribution in [0.4, 0.5) is 0 Å². The lowest BCUT2D eigenvalue weighted by molar-refractivity contribution is -0.119. The Morgan fingerprint density at radius 1 is 1.26 bits per heavy atom. The van der Waals surface area contributed by atoms with Gasteiger partial charge in [-0.15, -0.1) is 0 Å². The number of amides is 1. The number of thioether (sulfide) groups is 1. The van der Waals surface area contributed by atoms with Gasteiger partial charge in [0.15, 0.2) is 0 Å². The molecule has 1 heterocycles. The van der Waals surface area contributed by atoms with Crippen LogP contribution in [-0.4, -0.2) is 27.7 Å². The van der Waals surface area contributed by atoms with E-state index in [2.05, 4.69) is 47.3 Å². The topological polar surface area (TPSA) is 54.9 Å². The molecule has 0 bridgehead atoms. The molecule has 1 aromatic heterocycles. The molecule has 1 N–H and O–H groups in total. The van der Waals surface area contributed by atoms with Gasteiger partial charge in [-0.25, -0.2) is 9.97 Å². The number of benzene rings is 1. The molecule has 23 heavy (non-hydrogen) atoms. The summed E-state index contributed by atoms with van der Waals surface area (Å²) in [5.41, 5.74) is 1.21. The highest BCUT2D eigenvalue weighted by Crippen LogP contribution is 2.32. The first-order chi connectivity index (χ1) is 11.1. The molecule has 0 aliphatic rings. The van der Waals surface area contributed by atoms with E-state index in [1.54, 1.807) is 24.2 Å². The van der Waals surface area contributed by atoms with Crippen LogP contribution in [0, 0.1) is 6.92 Å². The van der Waals surface area contributed by atoms with E-state index in [0.717, 1.165) is 21.4 Å². The first-order valence-electron chi connectivity index (χ1n) is 7.56. The average molecular weight is 348 g/mol. The number of aromatic nitrogens is 2. The van der Waals surface area contributed by atoms with Crippen molar-refractivity contribution in [3.63, 3.8) is 0 Å². The molecule has 0 spiro atoms. The third kappa shape index (κ3) is 5.88. The van der Waals surface area contributed by atoms with Crippen LogP contribution in [0.1, 0.15) is 25.8 Å². The van der Waals surface area contributed by atoms with Gasteiger partial charge in [0, 0.05) is 23.3 Å². The maximum atomic E-state index is 11.9. The number of nitrogens with one attached hydrogen (secondary N) is 1. The summed E-state index contributed by atoms with van der Waals surface area (Å²) in [4.78, 5) is 21.8. The monoisotopic (exact) mass is 347 g/mol. The van der Waals surface area contributed by atoms with Gasteiger partial charge in [-0.2, -0.15) is 0 Å². The zero-order valence-electron chi connectivity index (χ0n) is 13.6. The number of rotatable bonds is 7. The van der Waals surface area contributed by atoms with E-state index in [9.17, 15) is 4.79 Å². The zero-order chi connectivity index (χ0) is 16.7. The number of hydrogen-bond donors (Lipinski definition) is 1. The van der Waals surface area contributed by atoms with Crippen LogP contribution >= 0.6 is 23.5 Å². The van der Waals surface area contributed by atoms with Crippen molar-refractivity contribution in [1.82, 2.24) is 15.3 Å². The van der Waals surface area contributed by atoms with Gasteiger partial charge < -0.3 is 5.32 Å². The largest absolute Gasteiger partial charge is 0.353 e. The van der Waals surface area contributed by atoms with E-state index >= 15 is 0 Å². The summed E-state index contributed by atoms with van der Waals surface area (Å²) in [6, 6.07) is 8.46. The van der Waals surface area contributed by atoms with Crippen LogP contribution < -0.4 is 5.32 Å². The van der Waals surface area contributed by atoms with Crippen molar-refractivity contribution in [2.24, 2.45) is 0 Å². The maximum Gasteiger partial charge on any atom is 0.230 e. The predicted octanol–water partition coefficient (Wildman–Crippen LogP) is 3.94. The second kappa shape index (κ2) is 8.93. The lowest BCUT2D eigenvalue weighted by atomic mass is 10.2. The van der Waals surface area contributed by atoms with Crippen LogP contribution in [0.25, 0.3) is 0 Å². The fourth-order valence-corrected chi connectivity index (χ4v) is 3.66. The minimum atomic E-state index is 0.0292. The minimum Gasteiger partial charge on any atom is -0.353 e. The molecule has 1 amide bonds. The molecule has 0 saturated heterocycles. The van der Waals surface area contributed by atoms with E-state index in [1.165, 1.54) is 17.3 Å². The Kier molecular flexibility index (Phi) is 6.92. The fraction of sp³-hybridized carbons (Fsp3) is 0.353. The van der Waals surface area contributed by atoms with Gasteiger partial charge >= 0.3 is 0 Å². The van der Waals surface area contributed by atoms with Crippen molar-refractivity contribution in [2.75, 3.05) is 5.75 Å². The Morgan fingerprint density at radius 3 is 2.70 bits per heavy atom. The molecule has 122 valence electrons. The van der Waals surface area contributed by atoms with Crippen molar-refractivity contribution < 1.29 is 4.79 Å². The third-order valence-electron chi connectivity index (χ3n) is 3.20. The van der Waals surface area contributed by atoms with Crippen molar-refractivity contribution in [1.29, 1.82) is 0 Å². The minimum absolute atomic E-state index is 0.0292. The second-order valence-electron chi connectivity index (χ2n) is 5.25. The van der Waals surface area contributed by atoms with Crippen LogP contribution in [0.2, 0.25) is 0 Å². The van der Waals surface area contributed by atoms with E-state index < -0.39 is 0 Å². The molecule has 0 aliphatic heterocycles. The lowest BCUT2D eigenvalue weighted by Crippen LogP contribution is -2.33. The van der Waals surface area contributed by atoms with E-state index in [-0.39, 0.29) is 11.9 Å². The van der Waals surface area contributed by atoms with Gasteiger partial charge in [-0.3, -0.25) is 4.79 Å². The van der Waals surface area contributed by atoms with E-state index in [0.29, 0.717) is 5.75 Å². The summed E-state index contributed by atoms with van der Waals surface area (Å²) >= 11 is 3.00. The van der Waals surface area contributed by atoms with Crippen molar-refractivity contribution in [3.8, 4) is 0 Å². The van der Waals surface area contributed by atoms with Gasteiger partial charge in [0.05, 0.1) is 5.75 Å². The number of carbonyl (C=O) groups excluding carboxylic acids is 1. The normalized spacial score (nSPS) is 12.0. The first-order valence-corrected chi connectivity index (χ1v) is 9.36. The molecular weight excluding hydrogens is 326 g/mol. The molecule has 6 heteroatoms. The highest BCUT2D eigenvalue weighted by atomic mass is 32.2. The average Bonchev–Trinajstić information content (AvgIpc) is 2.54. The van der Waals surface area contributed by atoms with Crippen LogP contribution in [0.15, 0.2) is 51.6 Å². The zero-order valence-corrected chi connectivity index (χ0v) is 15.2. The Balaban J connectivity index is 2.01. The lowest BCUT2D eigenvalue weighted by Gasteiger charge is -2.11. The molecule has 0 saturated carbocycles. The molecule has 2 rings (SSSR count). The van der Waals surface area contributed by atoms with Gasteiger partial charge in [0.25, 0.3) is 0 Å². The number of hydrogen-bond acceptors (Lipinski definition) is 5. The van der Waals surface area contributed by atoms with Crippen LogP contribution in [0.3, 0.4) is 0 Å². The Bertz CT molecular complexity index is 664. The van der Waals surface area contributed by atoms with E-state index in [4.69, 9.17) is 0 Å². The highest BCUT2D eigenvalue weighted by Gasteiger charge is 2.11. The van der Waals surface area contributed by atoms with Gasteiger partial charge in [-0.1, -0.05) is 48.1 Å². The number of nitrogens with zero attached hydrogens (tertiary/aromatic N) is 2. The summed E-state index contributed by atoms with van der Waals surface area (Å²) in [5.74, 6) is 0.381. The smallest absolute Gasteiger partial charge is 0.230 e. The van der Waals surface area contributed by atoms with Crippen LogP contribution in [-0.2, 0) is 4.79 Å². The molecule has 1 aromatic carbocycles.